The first-order valence-corrected chi connectivity index (χ1v) is 12.5. The van der Waals surface area contributed by atoms with Gasteiger partial charge in [0.05, 0.1) is 0 Å². The summed E-state index contributed by atoms with van der Waals surface area (Å²) in [5.74, 6) is 0. The average molecular weight is 422 g/mol. The van der Waals surface area contributed by atoms with Crippen LogP contribution in [-0.2, 0) is 17.0 Å². The number of nitrogens with one attached hydrogen (secondary N) is 1. The average Bonchev–Trinajstić information content (AvgIpc) is 2.83. The van der Waals surface area contributed by atoms with Crippen LogP contribution in [-0.4, -0.2) is 13.4 Å². The molecule has 0 saturated carbocycles. The van der Waals surface area contributed by atoms with Gasteiger partial charge in [-0.2, -0.15) is 5.56 Å². The summed E-state index contributed by atoms with van der Waals surface area (Å²) in [6, 6.07) is 20.2. The van der Waals surface area contributed by atoms with Crippen molar-refractivity contribution in [2.24, 2.45) is 0 Å². The molecular formula is C21H26BCl2NTi-2. The van der Waals surface area contributed by atoms with E-state index in [4.69, 9.17) is 32.2 Å². The van der Waals surface area contributed by atoms with Crippen LogP contribution >= 0.6 is 18.6 Å². The molecule has 26 heavy (non-hydrogen) atoms. The third-order valence-electron chi connectivity index (χ3n) is 3.13. The van der Waals surface area contributed by atoms with Gasteiger partial charge in [-0.1, -0.05) is 76.5 Å². The van der Waals surface area contributed by atoms with Gasteiger partial charge in [0.15, 0.2) is 0 Å². The fraction of sp³-hybridized carbons (Fsp3) is 0.286. The summed E-state index contributed by atoms with van der Waals surface area (Å²) in [6.45, 7) is 9.90. The summed E-state index contributed by atoms with van der Waals surface area (Å²) in [5, 5.41) is 2.76. The second-order valence-corrected chi connectivity index (χ2v) is 9.35. The van der Waals surface area contributed by atoms with E-state index in [2.05, 4.69) is 44.2 Å². The van der Waals surface area contributed by atoms with E-state index in [9.17, 15) is 0 Å². The van der Waals surface area contributed by atoms with E-state index in [1.165, 1.54) is 21.9 Å². The van der Waals surface area contributed by atoms with Gasteiger partial charge in [0.25, 0.3) is 0 Å². The Hall–Kier alpha value is -0.631. The van der Waals surface area contributed by atoms with Crippen LogP contribution in [0, 0.1) is 13.8 Å². The quantitative estimate of drug-likeness (QED) is 0.279. The molecule has 0 unspecified atom stereocenters. The van der Waals surface area contributed by atoms with Crippen LogP contribution in [0.15, 0.2) is 60.7 Å². The SMILES string of the molecule is CC(C)(C)[NH-].Cc1[cH-]c2ccccc2c1C.[B]c1ccccc1.[Cl][Ti][Cl]. The summed E-state index contributed by atoms with van der Waals surface area (Å²) >= 11 is -0.556. The molecule has 3 rings (SSSR count). The predicted molar refractivity (Wildman–Crippen MR) is 117 cm³/mol. The third kappa shape index (κ3) is 12.7. The number of fused-ring (bicyclic) bond motifs is 1. The fourth-order valence-corrected chi connectivity index (χ4v) is 1.97. The molecule has 0 aliphatic rings. The van der Waals surface area contributed by atoms with Crippen molar-refractivity contribution < 1.29 is 17.0 Å². The topological polar surface area (TPSA) is 23.8 Å². The first kappa shape index (κ1) is 25.4. The molecule has 1 N–H and O–H groups in total. The number of hydrogen-bond acceptors (Lipinski definition) is 0. The number of benzene rings is 2. The molecular weight excluding hydrogens is 396 g/mol. The van der Waals surface area contributed by atoms with Gasteiger partial charge < -0.3 is 5.73 Å². The van der Waals surface area contributed by atoms with E-state index in [0.29, 0.717) is 0 Å². The van der Waals surface area contributed by atoms with Crippen LogP contribution in [0.1, 0.15) is 31.9 Å². The molecule has 0 heterocycles. The van der Waals surface area contributed by atoms with Crippen LogP contribution < -0.4 is 5.46 Å². The van der Waals surface area contributed by atoms with Crippen molar-refractivity contribution in [3.8, 4) is 0 Å². The monoisotopic (exact) mass is 421 g/mol. The van der Waals surface area contributed by atoms with E-state index < -0.39 is 17.0 Å². The number of rotatable bonds is 0. The first-order chi connectivity index (χ1) is 12.1. The molecule has 0 spiro atoms. The Morgan fingerprint density at radius 1 is 0.923 bits per heavy atom. The summed E-state index contributed by atoms with van der Waals surface area (Å²) in [7, 11) is 15.1. The van der Waals surface area contributed by atoms with Gasteiger partial charge in [0, 0.05) is 0 Å². The van der Waals surface area contributed by atoms with Crippen molar-refractivity contribution in [3.63, 3.8) is 0 Å². The Bertz CT molecular complexity index is 731. The summed E-state index contributed by atoms with van der Waals surface area (Å²) in [4.78, 5) is 0. The second-order valence-electron chi connectivity index (χ2n) is 6.77. The zero-order valence-electron chi connectivity index (χ0n) is 16.1. The normalized spacial score (nSPS) is 9.69. The van der Waals surface area contributed by atoms with Crippen LogP contribution in [0.2, 0.25) is 0 Å². The fourth-order valence-electron chi connectivity index (χ4n) is 1.97. The van der Waals surface area contributed by atoms with Gasteiger partial charge in [0.2, 0.25) is 0 Å². The Morgan fingerprint density at radius 2 is 1.35 bits per heavy atom. The van der Waals surface area contributed by atoms with E-state index in [-0.39, 0.29) is 5.54 Å². The van der Waals surface area contributed by atoms with Gasteiger partial charge in [-0.3, -0.25) is 0 Å². The van der Waals surface area contributed by atoms with E-state index in [1.54, 1.807) is 0 Å². The zero-order chi connectivity index (χ0) is 20.2. The minimum atomic E-state index is -0.556. The van der Waals surface area contributed by atoms with Crippen molar-refractivity contribution >= 4 is 42.7 Å². The molecule has 2 radical (unpaired) electrons. The Morgan fingerprint density at radius 3 is 1.73 bits per heavy atom. The Labute approximate surface area is 176 Å². The predicted octanol–water partition coefficient (Wildman–Crippen LogP) is 6.87. The molecule has 5 heteroatoms. The van der Waals surface area contributed by atoms with E-state index >= 15 is 0 Å². The van der Waals surface area contributed by atoms with Gasteiger partial charge in [-0.05, 0) is 0 Å². The van der Waals surface area contributed by atoms with Crippen LogP contribution in [0.4, 0.5) is 0 Å². The summed E-state index contributed by atoms with van der Waals surface area (Å²) < 4.78 is 0. The minimum absolute atomic E-state index is 0.250. The molecule has 0 atom stereocenters. The molecule has 0 aromatic heterocycles. The van der Waals surface area contributed by atoms with Crippen molar-refractivity contribution in [1.82, 2.24) is 0 Å². The van der Waals surface area contributed by atoms with Gasteiger partial charge in [-0.25, -0.2) is 0 Å². The molecule has 0 aliphatic heterocycles. The zero-order valence-corrected chi connectivity index (χ0v) is 19.2. The second kappa shape index (κ2) is 13.5. The molecule has 138 valence electrons. The Balaban J connectivity index is 0.000000361. The maximum absolute atomic E-state index is 6.94. The number of hydrogen-bond donors (Lipinski definition) is 0. The number of aryl methyl sites for hydroxylation is 2. The maximum atomic E-state index is 6.94. The summed E-state index contributed by atoms with van der Waals surface area (Å²) in [6.07, 6.45) is 0. The van der Waals surface area contributed by atoms with Crippen LogP contribution in [0.5, 0.6) is 0 Å². The van der Waals surface area contributed by atoms with Gasteiger partial charge in [0.1, 0.15) is 7.85 Å². The van der Waals surface area contributed by atoms with Crippen LogP contribution in [0.3, 0.4) is 0 Å². The van der Waals surface area contributed by atoms with E-state index in [0.717, 1.165) is 5.46 Å². The molecule has 1 nitrogen and oxygen atoms in total. The molecule has 0 bridgehead atoms. The first-order valence-electron chi connectivity index (χ1n) is 8.23. The molecule has 3 aromatic carbocycles. The summed E-state index contributed by atoms with van der Waals surface area (Å²) in [5.41, 5.74) is 10.3. The van der Waals surface area contributed by atoms with Crippen molar-refractivity contribution in [2.45, 2.75) is 40.2 Å². The molecule has 0 saturated heterocycles. The molecule has 3 aromatic rings. The van der Waals surface area contributed by atoms with Gasteiger partial charge in [-0.15, -0.1) is 46.1 Å². The van der Waals surface area contributed by atoms with Gasteiger partial charge >= 0.3 is 35.6 Å². The molecule has 0 amide bonds. The third-order valence-corrected chi connectivity index (χ3v) is 3.13. The molecule has 0 fully saturated rings. The van der Waals surface area contributed by atoms with E-state index in [1.807, 2.05) is 51.1 Å². The Kier molecular flexibility index (Phi) is 13.2. The van der Waals surface area contributed by atoms with Crippen LogP contribution in [0.25, 0.3) is 16.5 Å². The van der Waals surface area contributed by atoms with Crippen molar-refractivity contribution in [3.05, 3.63) is 77.5 Å². The molecule has 0 aliphatic carbocycles. The van der Waals surface area contributed by atoms with Crippen molar-refractivity contribution in [1.29, 1.82) is 0 Å². The van der Waals surface area contributed by atoms with Crippen molar-refractivity contribution in [2.75, 3.05) is 0 Å². The number of halogens is 2. The standard InChI is InChI=1S/C11H11.C6H5B.C4H10N.2ClH.Ti/c1-8-7-10-5-3-4-6-11(10)9(8)2;7-6-4-2-1-3-5-6;1-4(2,3)5;;;/h3-7H,1-2H3;1-5H;5H,1-3H3;2*1H;/q-1;;-1;;;+2/p-2.